The number of ether oxygens (including phenoxy) is 4. The third-order valence-corrected chi connectivity index (χ3v) is 8.81. The van der Waals surface area contributed by atoms with Crippen molar-refractivity contribution >= 4 is 11.6 Å². The van der Waals surface area contributed by atoms with Crippen LogP contribution in [0.3, 0.4) is 0 Å². The average molecular weight is 561 g/mol. The lowest BCUT2D eigenvalue weighted by molar-refractivity contribution is -0.348. The minimum Gasteiger partial charge on any atom is -0.384 e. The van der Waals surface area contributed by atoms with Gasteiger partial charge in [-0.1, -0.05) is 34.4 Å². The van der Waals surface area contributed by atoms with Crippen LogP contribution in [0.5, 0.6) is 0 Å². The first-order chi connectivity index (χ1) is 18.4. The van der Waals surface area contributed by atoms with E-state index in [0.717, 1.165) is 22.3 Å². The largest absolute Gasteiger partial charge is 0.384 e. The molecule has 2 aliphatic heterocycles. The van der Waals surface area contributed by atoms with Gasteiger partial charge in [0, 0.05) is 7.11 Å². The Kier molecular flexibility index (Phi) is 8.04. The van der Waals surface area contributed by atoms with E-state index in [1.807, 2.05) is 20.8 Å². The molecule has 9 heteroatoms. The highest BCUT2D eigenvalue weighted by Gasteiger charge is 2.71. The predicted octanol–water partition coefficient (Wildman–Crippen LogP) is 3.07. The van der Waals surface area contributed by atoms with Crippen molar-refractivity contribution < 1.29 is 43.9 Å². The second-order valence-electron chi connectivity index (χ2n) is 12.8. The standard InChI is InChI=1S/C31H44O9/c1-16(2)10-24(30(36)28(7,34)26-20(32)12-18(5)14-22(26)39-30)38-25(11-17(3)4)31(37-9)29(8,35)27-21(33)13-19(6)15-23(27)40-31/h10-13,22-27,34-36H,14-15H2,1-9H3. The number of rotatable bonds is 7. The first-order valence-corrected chi connectivity index (χ1v) is 13.9. The Morgan fingerprint density at radius 2 is 1.30 bits per heavy atom. The molecule has 0 aromatic carbocycles. The van der Waals surface area contributed by atoms with E-state index in [9.17, 15) is 24.9 Å². The maximum Gasteiger partial charge on any atom is 0.228 e. The van der Waals surface area contributed by atoms with Crippen LogP contribution in [0, 0.1) is 11.8 Å². The fourth-order valence-corrected chi connectivity index (χ4v) is 6.98. The normalized spacial score (nSPS) is 42.4. The molecule has 0 spiro atoms. The SMILES string of the molecule is COC1(C(C=C(C)C)OC(C=C(C)C)C2(O)OC3CC(C)=CC(=O)C3C2(C)O)OC2CC(C)=CC(=O)C2C1(C)O. The van der Waals surface area contributed by atoms with Crippen LogP contribution in [0.15, 0.2) is 46.6 Å². The molecule has 9 nitrogen and oxygen atoms in total. The number of fused-ring (bicyclic) bond motifs is 2. The van der Waals surface area contributed by atoms with Gasteiger partial charge in [-0.05, 0) is 80.4 Å². The highest BCUT2D eigenvalue weighted by molar-refractivity contribution is 5.95. The van der Waals surface area contributed by atoms with Crippen LogP contribution in [0.2, 0.25) is 0 Å². The van der Waals surface area contributed by atoms with Crippen LogP contribution in [-0.4, -0.2) is 81.2 Å². The Morgan fingerprint density at radius 3 is 1.77 bits per heavy atom. The van der Waals surface area contributed by atoms with Crippen molar-refractivity contribution in [1.82, 2.24) is 0 Å². The molecule has 40 heavy (non-hydrogen) atoms. The van der Waals surface area contributed by atoms with Crippen LogP contribution in [0.4, 0.5) is 0 Å². The molecule has 0 saturated carbocycles. The molecule has 0 aromatic heterocycles. The number of methoxy groups -OCH3 is 1. The van der Waals surface area contributed by atoms with Gasteiger partial charge in [-0.3, -0.25) is 9.59 Å². The molecular weight excluding hydrogens is 516 g/mol. The zero-order chi connectivity index (χ0) is 30.0. The number of allylic oxidation sites excluding steroid dienone is 4. The van der Waals surface area contributed by atoms with E-state index < -0.39 is 59.0 Å². The van der Waals surface area contributed by atoms with E-state index in [2.05, 4.69) is 0 Å². The van der Waals surface area contributed by atoms with Gasteiger partial charge in [-0.25, -0.2) is 0 Å². The molecule has 2 saturated heterocycles. The summed E-state index contributed by atoms with van der Waals surface area (Å²) in [5.41, 5.74) is -0.696. The van der Waals surface area contributed by atoms with Crippen molar-refractivity contribution in [2.45, 2.75) is 115 Å². The first kappa shape index (κ1) is 31.0. The maximum atomic E-state index is 13.1. The summed E-state index contributed by atoms with van der Waals surface area (Å²) in [6.45, 7) is 13.8. The summed E-state index contributed by atoms with van der Waals surface area (Å²) >= 11 is 0. The highest BCUT2D eigenvalue weighted by atomic mass is 16.7. The molecule has 0 bridgehead atoms. The minimum atomic E-state index is -2.35. The summed E-state index contributed by atoms with van der Waals surface area (Å²) < 4.78 is 25.1. The summed E-state index contributed by atoms with van der Waals surface area (Å²) in [6, 6.07) is 0. The van der Waals surface area contributed by atoms with Crippen LogP contribution in [0.25, 0.3) is 0 Å². The molecule has 222 valence electrons. The number of carbonyl (C=O) groups is 2. The average Bonchev–Trinajstić information content (AvgIpc) is 3.15. The second-order valence-corrected chi connectivity index (χ2v) is 12.8. The Bertz CT molecular complexity index is 1180. The van der Waals surface area contributed by atoms with Crippen molar-refractivity contribution in [2.24, 2.45) is 11.8 Å². The Labute approximate surface area is 236 Å². The molecule has 2 fully saturated rings. The van der Waals surface area contributed by atoms with E-state index in [1.54, 1.807) is 32.9 Å². The summed E-state index contributed by atoms with van der Waals surface area (Å²) in [5.74, 6) is -6.70. The molecule has 4 aliphatic rings. The van der Waals surface area contributed by atoms with E-state index in [0.29, 0.717) is 12.8 Å². The van der Waals surface area contributed by atoms with Gasteiger partial charge in [0.05, 0.1) is 24.0 Å². The molecule has 3 N–H and O–H groups in total. The van der Waals surface area contributed by atoms with Crippen LogP contribution in [-0.2, 0) is 28.5 Å². The Hall–Kier alpha value is -1.98. The summed E-state index contributed by atoms with van der Waals surface area (Å²) in [4.78, 5) is 26.1. The lowest BCUT2D eigenvalue weighted by atomic mass is 9.73. The van der Waals surface area contributed by atoms with Crippen molar-refractivity contribution in [2.75, 3.05) is 7.11 Å². The Morgan fingerprint density at radius 1 is 0.850 bits per heavy atom. The number of ketones is 2. The monoisotopic (exact) mass is 560 g/mol. The van der Waals surface area contributed by atoms with Gasteiger partial charge >= 0.3 is 0 Å². The van der Waals surface area contributed by atoms with E-state index in [4.69, 9.17) is 18.9 Å². The molecule has 2 heterocycles. The Balaban J connectivity index is 1.81. The molecule has 0 amide bonds. The molecule has 10 atom stereocenters. The third kappa shape index (κ3) is 4.69. The topological polar surface area (TPSA) is 132 Å². The molecule has 4 rings (SSSR count). The number of carbonyl (C=O) groups excluding carboxylic acids is 2. The fraction of sp³-hybridized carbons (Fsp3) is 0.677. The zero-order valence-corrected chi connectivity index (χ0v) is 25.0. The quantitative estimate of drug-likeness (QED) is 0.402. The number of hydrogen-bond donors (Lipinski definition) is 3. The van der Waals surface area contributed by atoms with Crippen molar-refractivity contribution in [1.29, 1.82) is 0 Å². The van der Waals surface area contributed by atoms with Gasteiger partial charge in [0.2, 0.25) is 11.6 Å². The van der Waals surface area contributed by atoms with E-state index in [1.165, 1.54) is 33.1 Å². The van der Waals surface area contributed by atoms with Crippen LogP contribution < -0.4 is 0 Å². The van der Waals surface area contributed by atoms with Crippen molar-refractivity contribution in [3.8, 4) is 0 Å². The van der Waals surface area contributed by atoms with E-state index in [-0.39, 0.29) is 11.6 Å². The summed E-state index contributed by atoms with van der Waals surface area (Å²) in [5, 5.41) is 35.8. The van der Waals surface area contributed by atoms with Gasteiger partial charge in [0.25, 0.3) is 0 Å². The lowest BCUT2D eigenvalue weighted by Crippen LogP contribution is -2.65. The second kappa shape index (κ2) is 10.4. The van der Waals surface area contributed by atoms with Gasteiger partial charge in [0.15, 0.2) is 11.6 Å². The first-order valence-electron chi connectivity index (χ1n) is 13.9. The van der Waals surface area contributed by atoms with E-state index >= 15 is 0 Å². The maximum absolute atomic E-state index is 13.1. The molecule has 2 aliphatic carbocycles. The highest BCUT2D eigenvalue weighted by Crippen LogP contribution is 2.53. The molecule has 0 radical (unpaired) electrons. The lowest BCUT2D eigenvalue weighted by Gasteiger charge is -2.46. The third-order valence-electron chi connectivity index (χ3n) is 8.81. The molecular formula is C31H44O9. The number of hydrogen-bond acceptors (Lipinski definition) is 9. The fourth-order valence-electron chi connectivity index (χ4n) is 6.98. The molecule has 10 unspecified atom stereocenters. The smallest absolute Gasteiger partial charge is 0.228 e. The number of aliphatic hydroxyl groups is 3. The predicted molar refractivity (Wildman–Crippen MR) is 147 cm³/mol. The van der Waals surface area contributed by atoms with Gasteiger partial charge < -0.3 is 34.3 Å². The van der Waals surface area contributed by atoms with Gasteiger partial charge in [-0.2, -0.15) is 0 Å². The summed E-state index contributed by atoms with van der Waals surface area (Å²) in [6.07, 6.45) is 3.20. The van der Waals surface area contributed by atoms with Gasteiger partial charge in [0.1, 0.15) is 23.4 Å². The van der Waals surface area contributed by atoms with Crippen LogP contribution >= 0.6 is 0 Å². The minimum absolute atomic E-state index is 0.263. The van der Waals surface area contributed by atoms with Crippen LogP contribution in [0.1, 0.15) is 68.2 Å². The molecule has 0 aromatic rings. The zero-order valence-electron chi connectivity index (χ0n) is 25.0. The van der Waals surface area contributed by atoms with Crippen molar-refractivity contribution in [3.05, 3.63) is 46.6 Å². The van der Waals surface area contributed by atoms with Gasteiger partial charge in [-0.15, -0.1) is 0 Å². The summed E-state index contributed by atoms with van der Waals surface area (Å²) in [7, 11) is 1.38. The van der Waals surface area contributed by atoms with Crippen molar-refractivity contribution in [3.63, 3.8) is 0 Å².